The van der Waals surface area contributed by atoms with Gasteiger partial charge < -0.3 is 21.5 Å². The number of aliphatic hydroxyl groups is 1. The minimum absolute atomic E-state index is 0.0185. The smallest absolute Gasteiger partial charge is 0.280 e. The minimum Gasteiger partial charge on any atom is -0.512 e. The number of hydrogen-bond donors (Lipinski definition) is 4. The van der Waals surface area contributed by atoms with E-state index in [0.717, 1.165) is 43.9 Å². The lowest BCUT2D eigenvalue weighted by atomic mass is 9.93. The van der Waals surface area contributed by atoms with Crippen LogP contribution in [-0.4, -0.2) is 63.9 Å². The Morgan fingerprint density at radius 1 is 1.10 bits per heavy atom. The van der Waals surface area contributed by atoms with Gasteiger partial charge in [0.15, 0.2) is 0 Å². The van der Waals surface area contributed by atoms with Gasteiger partial charge in [0.25, 0.3) is 5.91 Å². The van der Waals surface area contributed by atoms with Gasteiger partial charge in [0.1, 0.15) is 11.6 Å². The van der Waals surface area contributed by atoms with Crippen molar-refractivity contribution < 1.29 is 9.90 Å². The number of anilines is 2. The van der Waals surface area contributed by atoms with Crippen LogP contribution >= 0.6 is 0 Å². The largest absolute Gasteiger partial charge is 0.512 e. The Hall–Kier alpha value is -3.96. The molecule has 1 aliphatic rings. The predicted molar refractivity (Wildman–Crippen MR) is 162 cm³/mol. The van der Waals surface area contributed by atoms with E-state index in [9.17, 15) is 9.90 Å². The van der Waals surface area contributed by atoms with Gasteiger partial charge in [-0.2, -0.15) is 4.99 Å². The summed E-state index contributed by atoms with van der Waals surface area (Å²) < 4.78 is 0. The fourth-order valence-corrected chi connectivity index (χ4v) is 4.24. The molecule has 1 fully saturated rings. The highest BCUT2D eigenvalue weighted by molar-refractivity contribution is 6.06. The molecular formula is C29H43N9O2. The zero-order valence-electron chi connectivity index (χ0n) is 24.4. The fourth-order valence-electron chi connectivity index (χ4n) is 4.24. The number of carbonyl (C=O) groups excluding carboxylic acids is 1. The molecule has 1 saturated heterocycles. The van der Waals surface area contributed by atoms with Crippen LogP contribution < -0.4 is 27.2 Å². The van der Waals surface area contributed by atoms with Crippen molar-refractivity contribution in [2.75, 3.05) is 36.1 Å². The van der Waals surface area contributed by atoms with Crippen molar-refractivity contribution in [3.8, 4) is 0 Å². The highest BCUT2D eigenvalue weighted by Crippen LogP contribution is 2.24. The number of hydrogen-bond acceptors (Lipinski definition) is 9. The fraction of sp³-hybridized carbons (Fsp3) is 0.448. The number of pyridine rings is 2. The molecule has 40 heavy (non-hydrogen) atoms. The zero-order valence-corrected chi connectivity index (χ0v) is 24.4. The Bertz CT molecular complexity index is 1290. The van der Waals surface area contributed by atoms with Gasteiger partial charge in [-0.1, -0.05) is 20.8 Å². The van der Waals surface area contributed by atoms with Crippen molar-refractivity contribution >= 4 is 28.8 Å². The molecule has 216 valence electrons. The predicted octanol–water partition coefficient (Wildman–Crippen LogP) is 3.33. The molecule has 2 aromatic rings. The van der Waals surface area contributed by atoms with E-state index < -0.39 is 11.3 Å². The SMILES string of the molecule is Cc1ncc(C(=O)N=C(N)/C=C(\O)C(C)(C)C)cc1N(N)/C=C(\N)c1cncc(N2CCCN(C(C)C)CC2)c1. The summed E-state index contributed by atoms with van der Waals surface area (Å²) in [5.41, 5.74) is 15.2. The highest BCUT2D eigenvalue weighted by atomic mass is 16.3. The van der Waals surface area contributed by atoms with Crippen molar-refractivity contribution in [3.63, 3.8) is 0 Å². The van der Waals surface area contributed by atoms with Crippen molar-refractivity contribution in [1.82, 2.24) is 14.9 Å². The van der Waals surface area contributed by atoms with E-state index >= 15 is 0 Å². The van der Waals surface area contributed by atoms with Gasteiger partial charge in [0.2, 0.25) is 0 Å². The van der Waals surface area contributed by atoms with Crippen LogP contribution in [0.3, 0.4) is 0 Å². The van der Waals surface area contributed by atoms with E-state index in [4.69, 9.17) is 17.3 Å². The second-order valence-corrected chi connectivity index (χ2v) is 11.3. The number of aliphatic imine (C=N–C) groups is 1. The summed E-state index contributed by atoms with van der Waals surface area (Å²) >= 11 is 0. The standard InChI is InChI=1S/C29H43N9O2/c1-19(2)36-8-7-9-37(11-10-36)23-12-21(15-33-17-23)24(30)18-38(32)25-13-22(16-34-20(25)3)28(40)35-27(31)14-26(39)29(4,5)6/h12-19,39H,7-11,30,32H2,1-6H3,(H2,31,35,40)/b24-18-,26-14-. The van der Waals surface area contributed by atoms with Crippen LogP contribution in [0.1, 0.15) is 62.7 Å². The van der Waals surface area contributed by atoms with Crippen molar-refractivity contribution in [2.24, 2.45) is 27.7 Å². The molecule has 0 saturated carbocycles. The number of aromatic nitrogens is 2. The number of aryl methyl sites for hydroxylation is 1. The molecule has 1 aliphatic heterocycles. The van der Waals surface area contributed by atoms with Gasteiger partial charge >= 0.3 is 0 Å². The summed E-state index contributed by atoms with van der Waals surface area (Å²) in [7, 11) is 0. The molecular weight excluding hydrogens is 506 g/mol. The van der Waals surface area contributed by atoms with Crippen LogP contribution in [0.2, 0.25) is 0 Å². The second-order valence-electron chi connectivity index (χ2n) is 11.3. The summed E-state index contributed by atoms with van der Waals surface area (Å²) in [6, 6.07) is 4.11. The highest BCUT2D eigenvalue weighted by Gasteiger charge is 2.19. The third kappa shape index (κ3) is 8.03. The number of rotatable bonds is 7. The van der Waals surface area contributed by atoms with Gasteiger partial charge in [-0.05, 0) is 39.3 Å². The van der Waals surface area contributed by atoms with Crippen LogP contribution in [0.15, 0.2) is 53.8 Å². The van der Waals surface area contributed by atoms with Gasteiger partial charge in [0, 0.05) is 67.9 Å². The molecule has 11 heteroatoms. The molecule has 3 heterocycles. The van der Waals surface area contributed by atoms with E-state index in [1.807, 2.05) is 33.0 Å². The maximum atomic E-state index is 12.8. The third-order valence-corrected chi connectivity index (χ3v) is 6.83. The maximum Gasteiger partial charge on any atom is 0.280 e. The van der Waals surface area contributed by atoms with Gasteiger partial charge in [-0.3, -0.25) is 24.7 Å². The first kappa shape index (κ1) is 30.6. The number of hydrazine groups is 1. The number of nitrogens with two attached hydrogens (primary N) is 3. The number of amidine groups is 1. The van der Waals surface area contributed by atoms with E-state index in [0.29, 0.717) is 23.1 Å². The maximum absolute atomic E-state index is 12.8. The molecule has 3 rings (SSSR count). The number of allylic oxidation sites excluding steroid dienone is 1. The second kappa shape index (κ2) is 12.9. The van der Waals surface area contributed by atoms with Gasteiger partial charge in [-0.15, -0.1) is 0 Å². The average molecular weight is 550 g/mol. The molecule has 1 amide bonds. The van der Waals surface area contributed by atoms with Gasteiger partial charge in [0.05, 0.1) is 34.5 Å². The first-order chi connectivity index (χ1) is 18.8. The summed E-state index contributed by atoms with van der Waals surface area (Å²) in [5.74, 6) is 5.65. The summed E-state index contributed by atoms with van der Waals surface area (Å²) in [5, 5.41) is 11.5. The Morgan fingerprint density at radius 2 is 1.82 bits per heavy atom. The lowest BCUT2D eigenvalue weighted by Crippen LogP contribution is -2.35. The number of carbonyl (C=O) groups is 1. The Balaban J connectivity index is 1.80. The minimum atomic E-state index is -0.611. The number of nitrogens with zero attached hydrogens (tertiary/aromatic N) is 6. The average Bonchev–Trinajstić information content (AvgIpc) is 3.15. The van der Waals surface area contributed by atoms with Crippen LogP contribution in [0, 0.1) is 12.3 Å². The van der Waals surface area contributed by atoms with Gasteiger partial charge in [-0.25, -0.2) is 5.84 Å². The van der Waals surface area contributed by atoms with Crippen LogP contribution in [0.25, 0.3) is 5.70 Å². The van der Waals surface area contributed by atoms with E-state index in [1.54, 1.807) is 25.4 Å². The summed E-state index contributed by atoms with van der Waals surface area (Å²) in [6.45, 7) is 15.6. The summed E-state index contributed by atoms with van der Waals surface area (Å²) in [6.07, 6.45) is 8.88. The van der Waals surface area contributed by atoms with E-state index in [1.165, 1.54) is 17.3 Å². The van der Waals surface area contributed by atoms with Crippen molar-refractivity contribution in [1.29, 1.82) is 0 Å². The summed E-state index contributed by atoms with van der Waals surface area (Å²) in [4.78, 5) is 30.2. The molecule has 0 unspecified atom stereocenters. The topological polar surface area (TPSA) is 163 Å². The molecule has 0 spiro atoms. The first-order valence-corrected chi connectivity index (χ1v) is 13.5. The molecule has 0 bridgehead atoms. The lowest BCUT2D eigenvalue weighted by molar-refractivity contribution is 0.100. The Morgan fingerprint density at radius 3 is 2.50 bits per heavy atom. The molecule has 2 aromatic heterocycles. The third-order valence-electron chi connectivity index (χ3n) is 6.83. The monoisotopic (exact) mass is 549 g/mol. The molecule has 7 N–H and O–H groups in total. The normalized spacial score (nSPS) is 16.3. The molecule has 0 aromatic carbocycles. The zero-order chi connectivity index (χ0) is 29.6. The van der Waals surface area contributed by atoms with Crippen LogP contribution in [0.5, 0.6) is 0 Å². The van der Waals surface area contributed by atoms with Crippen LogP contribution in [-0.2, 0) is 0 Å². The van der Waals surface area contributed by atoms with Crippen molar-refractivity contribution in [2.45, 2.75) is 54.0 Å². The van der Waals surface area contributed by atoms with Crippen LogP contribution in [0.4, 0.5) is 11.4 Å². The van der Waals surface area contributed by atoms with Crippen molar-refractivity contribution in [3.05, 3.63) is 65.6 Å². The molecule has 0 radical (unpaired) electrons. The molecule has 0 atom stereocenters. The molecule has 0 aliphatic carbocycles. The molecule has 11 nitrogen and oxygen atoms in total. The quantitative estimate of drug-likeness (QED) is 0.132. The Kier molecular flexibility index (Phi) is 9.88. The lowest BCUT2D eigenvalue weighted by Gasteiger charge is -2.26. The van der Waals surface area contributed by atoms with E-state index in [2.05, 4.69) is 38.6 Å². The van der Waals surface area contributed by atoms with E-state index in [-0.39, 0.29) is 17.2 Å². The number of amides is 1. The Labute approximate surface area is 237 Å². The number of aliphatic hydroxyl groups excluding tert-OH is 1. The first-order valence-electron chi connectivity index (χ1n) is 13.5.